The zero-order valence-electron chi connectivity index (χ0n) is 21.3. The van der Waals surface area contributed by atoms with E-state index in [9.17, 15) is 22.8 Å². The molecule has 4 rings (SSSR count). The van der Waals surface area contributed by atoms with Crippen LogP contribution in [0.3, 0.4) is 0 Å². The maximum atomic E-state index is 14.3. The Morgan fingerprint density at radius 3 is 2.39 bits per heavy atom. The topological polar surface area (TPSA) is 40.6 Å². The number of allylic oxidation sites excluding steroid dienone is 3. The van der Waals surface area contributed by atoms with Gasteiger partial charge in [0, 0.05) is 32.7 Å². The molecule has 0 N–H and O–H groups in total. The first kappa shape index (κ1) is 26.5. The third kappa shape index (κ3) is 5.70. The molecule has 36 heavy (non-hydrogen) atoms. The monoisotopic (exact) mass is 502 g/mol. The molecule has 2 fully saturated rings. The van der Waals surface area contributed by atoms with Crippen LogP contribution in [0.25, 0.3) is 0 Å². The highest BCUT2D eigenvalue weighted by molar-refractivity contribution is 6.07. The fourth-order valence-corrected chi connectivity index (χ4v) is 5.97. The summed E-state index contributed by atoms with van der Waals surface area (Å²) in [6.07, 6.45) is 14.0. The molecule has 3 aliphatic rings. The van der Waals surface area contributed by atoms with Crippen LogP contribution in [-0.2, 0) is 16.0 Å². The van der Waals surface area contributed by atoms with Gasteiger partial charge in [-0.3, -0.25) is 9.59 Å². The fourth-order valence-electron chi connectivity index (χ4n) is 5.97. The van der Waals surface area contributed by atoms with Gasteiger partial charge in [-0.15, -0.1) is 0 Å². The van der Waals surface area contributed by atoms with Crippen molar-refractivity contribution in [3.05, 3.63) is 59.5 Å². The number of nitrogens with zero attached hydrogens (tertiary/aromatic N) is 2. The van der Waals surface area contributed by atoms with Crippen LogP contribution in [-0.4, -0.2) is 48.3 Å². The van der Waals surface area contributed by atoms with Crippen LogP contribution in [0.1, 0.15) is 57.4 Å². The Bertz CT molecular complexity index is 1030. The molecule has 4 nitrogen and oxygen atoms in total. The largest absolute Gasteiger partial charge is 0.344 e. The SMILES string of the molecule is CCC[C@H](Cc1cc(F)c(F)cc1F)C1CCN(C(=O)C2(C(=O)N(C)CC3C=CC=CC3)CC2)CC1. The fraction of sp³-hybridized carbons (Fsp3) is 0.586. The first-order chi connectivity index (χ1) is 17.2. The van der Waals surface area contributed by atoms with E-state index in [0.717, 1.165) is 38.2 Å². The van der Waals surface area contributed by atoms with Gasteiger partial charge >= 0.3 is 0 Å². The molecule has 2 atom stereocenters. The number of hydrogen-bond donors (Lipinski definition) is 0. The summed E-state index contributed by atoms with van der Waals surface area (Å²) < 4.78 is 41.4. The number of rotatable bonds is 9. The molecule has 1 unspecified atom stereocenters. The van der Waals surface area contributed by atoms with E-state index < -0.39 is 22.9 Å². The second kappa shape index (κ2) is 11.2. The highest BCUT2D eigenvalue weighted by atomic mass is 19.2. The van der Waals surface area contributed by atoms with Crippen molar-refractivity contribution >= 4 is 11.8 Å². The van der Waals surface area contributed by atoms with Gasteiger partial charge in [0.05, 0.1) is 0 Å². The summed E-state index contributed by atoms with van der Waals surface area (Å²) in [5.41, 5.74) is -0.701. The molecule has 1 aromatic carbocycles. The van der Waals surface area contributed by atoms with Gasteiger partial charge in [-0.1, -0.05) is 44.1 Å². The molecular formula is C29H37F3N2O2. The van der Waals surface area contributed by atoms with Crippen LogP contribution in [0.2, 0.25) is 0 Å². The average Bonchev–Trinajstić information content (AvgIpc) is 3.69. The van der Waals surface area contributed by atoms with Gasteiger partial charge < -0.3 is 9.80 Å². The van der Waals surface area contributed by atoms with E-state index in [4.69, 9.17) is 0 Å². The first-order valence-electron chi connectivity index (χ1n) is 13.3. The van der Waals surface area contributed by atoms with Gasteiger partial charge in [0.1, 0.15) is 11.2 Å². The third-order valence-corrected chi connectivity index (χ3v) is 8.22. The van der Waals surface area contributed by atoms with E-state index >= 15 is 0 Å². The summed E-state index contributed by atoms with van der Waals surface area (Å²) in [6.45, 7) is 3.80. The quantitative estimate of drug-likeness (QED) is 0.322. The van der Waals surface area contributed by atoms with Crippen LogP contribution in [0.5, 0.6) is 0 Å². The van der Waals surface area contributed by atoms with Gasteiger partial charge in [-0.25, -0.2) is 13.2 Å². The van der Waals surface area contributed by atoms with Crippen molar-refractivity contribution in [2.24, 2.45) is 23.2 Å². The lowest BCUT2D eigenvalue weighted by molar-refractivity contribution is -0.150. The second-order valence-electron chi connectivity index (χ2n) is 10.8. The van der Waals surface area contributed by atoms with Crippen LogP contribution >= 0.6 is 0 Å². The summed E-state index contributed by atoms with van der Waals surface area (Å²) >= 11 is 0. The van der Waals surface area contributed by atoms with Crippen molar-refractivity contribution in [2.75, 3.05) is 26.7 Å². The molecule has 1 aromatic rings. The zero-order chi connectivity index (χ0) is 25.9. The van der Waals surface area contributed by atoms with Crippen LogP contribution in [0.4, 0.5) is 13.2 Å². The second-order valence-corrected chi connectivity index (χ2v) is 10.8. The van der Waals surface area contributed by atoms with Gasteiger partial charge in [-0.2, -0.15) is 0 Å². The number of amides is 2. The van der Waals surface area contributed by atoms with Gasteiger partial charge in [0.25, 0.3) is 0 Å². The molecule has 1 aliphatic heterocycles. The molecule has 1 heterocycles. The lowest BCUT2D eigenvalue weighted by Crippen LogP contribution is -2.49. The molecule has 196 valence electrons. The predicted molar refractivity (Wildman–Crippen MR) is 133 cm³/mol. The van der Waals surface area contributed by atoms with Gasteiger partial charge in [-0.05, 0) is 67.9 Å². The van der Waals surface area contributed by atoms with Crippen LogP contribution in [0.15, 0.2) is 36.4 Å². The Morgan fingerprint density at radius 2 is 1.78 bits per heavy atom. The average molecular weight is 503 g/mol. The molecule has 1 saturated carbocycles. The third-order valence-electron chi connectivity index (χ3n) is 8.22. The minimum atomic E-state index is -1.17. The highest BCUT2D eigenvalue weighted by Crippen LogP contribution is 2.49. The lowest BCUT2D eigenvalue weighted by atomic mass is 9.78. The Balaban J connectivity index is 1.35. The minimum Gasteiger partial charge on any atom is -0.344 e. The summed E-state index contributed by atoms with van der Waals surface area (Å²) in [6, 6.07) is 1.60. The van der Waals surface area contributed by atoms with E-state index in [0.29, 0.717) is 45.0 Å². The number of hydrogen-bond acceptors (Lipinski definition) is 2. The Morgan fingerprint density at radius 1 is 1.08 bits per heavy atom. The smallest absolute Gasteiger partial charge is 0.238 e. The van der Waals surface area contributed by atoms with E-state index in [2.05, 4.69) is 19.1 Å². The number of benzene rings is 1. The van der Waals surface area contributed by atoms with Gasteiger partial charge in [0.2, 0.25) is 11.8 Å². The maximum absolute atomic E-state index is 14.3. The molecular weight excluding hydrogens is 465 g/mol. The number of piperidine rings is 1. The van der Waals surface area contributed by atoms with E-state index in [1.165, 1.54) is 0 Å². The van der Waals surface area contributed by atoms with Crippen LogP contribution in [0, 0.1) is 40.6 Å². The highest BCUT2D eigenvalue weighted by Gasteiger charge is 2.59. The summed E-state index contributed by atoms with van der Waals surface area (Å²) in [7, 11) is 1.79. The van der Waals surface area contributed by atoms with E-state index in [1.807, 2.05) is 17.1 Å². The standard InChI is InChI=1S/C29H37F3N2O2/c1-3-7-22(16-23-17-25(31)26(32)18-24(23)30)21-10-14-34(15-11-21)28(36)29(12-13-29)27(35)33(2)19-20-8-5-4-6-9-20/h4-6,8,17-18,20-22H,3,7,9-16,19H2,1-2H3/t20?,22-/m1/s1. The molecule has 2 amide bonds. The Labute approximate surface area is 212 Å². The summed E-state index contributed by atoms with van der Waals surface area (Å²) in [5.74, 6) is -2.36. The number of halogens is 3. The van der Waals surface area contributed by atoms with Gasteiger partial charge in [0.15, 0.2) is 11.6 Å². The van der Waals surface area contributed by atoms with E-state index in [-0.39, 0.29) is 35.1 Å². The predicted octanol–water partition coefficient (Wildman–Crippen LogP) is 5.67. The molecule has 0 spiro atoms. The normalized spacial score (nSPS) is 21.9. The summed E-state index contributed by atoms with van der Waals surface area (Å²) in [4.78, 5) is 30.3. The summed E-state index contributed by atoms with van der Waals surface area (Å²) in [5, 5.41) is 0. The van der Waals surface area contributed by atoms with Crippen molar-refractivity contribution in [1.82, 2.24) is 9.80 Å². The zero-order valence-corrected chi connectivity index (χ0v) is 21.3. The molecule has 0 radical (unpaired) electrons. The van der Waals surface area contributed by atoms with Crippen molar-refractivity contribution in [1.29, 1.82) is 0 Å². The first-order valence-corrected chi connectivity index (χ1v) is 13.3. The van der Waals surface area contributed by atoms with E-state index in [1.54, 1.807) is 11.9 Å². The molecule has 7 heteroatoms. The number of carbonyl (C=O) groups excluding carboxylic acids is 2. The Hall–Kier alpha value is -2.57. The molecule has 0 aromatic heterocycles. The van der Waals surface area contributed by atoms with Crippen molar-refractivity contribution in [2.45, 2.75) is 58.3 Å². The Kier molecular flexibility index (Phi) is 8.26. The number of likely N-dealkylation sites (tertiary alicyclic amines) is 1. The molecule has 1 saturated heterocycles. The van der Waals surface area contributed by atoms with Crippen molar-refractivity contribution < 1.29 is 22.8 Å². The van der Waals surface area contributed by atoms with Crippen LogP contribution < -0.4 is 0 Å². The van der Waals surface area contributed by atoms with Crippen molar-refractivity contribution in [3.63, 3.8) is 0 Å². The molecule has 0 bridgehead atoms. The minimum absolute atomic E-state index is 0.0597. The number of carbonyl (C=O) groups is 2. The lowest BCUT2D eigenvalue weighted by Gasteiger charge is -2.38. The molecule has 2 aliphatic carbocycles. The maximum Gasteiger partial charge on any atom is 0.238 e. The van der Waals surface area contributed by atoms with Crippen molar-refractivity contribution in [3.8, 4) is 0 Å².